The van der Waals surface area contributed by atoms with E-state index >= 15 is 0 Å². The third-order valence-corrected chi connectivity index (χ3v) is 2.65. The molecular weight excluding hydrogens is 266 g/mol. The number of carbonyl (C=O) groups excluding carboxylic acids is 2. The standard InChI is InChI=1S/C12H23N3O5/c1-5-6-15(7-9(16)14(3)4)11(19)13-8-12(2,20)10(17)18/h20H,5-8H2,1-4H3,(H,13,19)(H,17,18). The van der Waals surface area contributed by atoms with Crippen molar-refractivity contribution in [3.05, 3.63) is 0 Å². The van der Waals surface area contributed by atoms with Gasteiger partial charge in [0.15, 0.2) is 5.60 Å². The maximum absolute atomic E-state index is 11.9. The van der Waals surface area contributed by atoms with Crippen LogP contribution in [-0.4, -0.2) is 77.3 Å². The van der Waals surface area contributed by atoms with Crippen molar-refractivity contribution in [2.45, 2.75) is 25.9 Å². The number of nitrogens with one attached hydrogen (secondary N) is 1. The van der Waals surface area contributed by atoms with Crippen molar-refractivity contribution in [1.82, 2.24) is 15.1 Å². The Labute approximate surface area is 118 Å². The lowest BCUT2D eigenvalue weighted by Crippen LogP contribution is -2.51. The van der Waals surface area contributed by atoms with Crippen LogP contribution < -0.4 is 5.32 Å². The topological polar surface area (TPSA) is 110 Å². The number of hydrogen-bond donors (Lipinski definition) is 3. The SMILES string of the molecule is CCCN(CC(=O)N(C)C)C(=O)NCC(C)(O)C(=O)O. The van der Waals surface area contributed by atoms with Crippen molar-refractivity contribution in [2.24, 2.45) is 0 Å². The lowest BCUT2D eigenvalue weighted by Gasteiger charge is -2.25. The lowest BCUT2D eigenvalue weighted by molar-refractivity contribution is -0.155. The number of carboxylic acids is 1. The van der Waals surface area contributed by atoms with Gasteiger partial charge in [-0.15, -0.1) is 0 Å². The maximum Gasteiger partial charge on any atom is 0.337 e. The van der Waals surface area contributed by atoms with Gasteiger partial charge in [-0.2, -0.15) is 0 Å². The van der Waals surface area contributed by atoms with Crippen LogP contribution in [0, 0.1) is 0 Å². The summed E-state index contributed by atoms with van der Waals surface area (Å²) in [5, 5.41) is 20.6. The molecule has 0 saturated heterocycles. The Kier molecular flexibility index (Phi) is 6.98. The number of carboxylic acid groups (broad SMARTS) is 1. The zero-order chi connectivity index (χ0) is 15.9. The van der Waals surface area contributed by atoms with Gasteiger partial charge in [0.25, 0.3) is 0 Å². The number of hydrogen-bond acceptors (Lipinski definition) is 4. The summed E-state index contributed by atoms with van der Waals surface area (Å²) in [7, 11) is 3.17. The van der Waals surface area contributed by atoms with Crippen LogP contribution in [0.4, 0.5) is 4.79 Å². The molecule has 0 aromatic carbocycles. The van der Waals surface area contributed by atoms with Gasteiger partial charge in [0.05, 0.1) is 6.54 Å². The Morgan fingerprint density at radius 2 is 1.80 bits per heavy atom. The van der Waals surface area contributed by atoms with Crippen LogP contribution in [0.5, 0.6) is 0 Å². The second-order valence-corrected chi connectivity index (χ2v) is 4.95. The molecule has 1 unspecified atom stereocenters. The average Bonchev–Trinajstić information content (AvgIpc) is 2.35. The van der Waals surface area contributed by atoms with Gasteiger partial charge in [-0.05, 0) is 13.3 Å². The van der Waals surface area contributed by atoms with Crippen molar-refractivity contribution in [1.29, 1.82) is 0 Å². The van der Waals surface area contributed by atoms with E-state index in [-0.39, 0.29) is 12.5 Å². The highest BCUT2D eigenvalue weighted by molar-refractivity contribution is 5.84. The van der Waals surface area contributed by atoms with E-state index in [2.05, 4.69) is 5.32 Å². The van der Waals surface area contributed by atoms with Crippen molar-refractivity contribution in [3.63, 3.8) is 0 Å². The summed E-state index contributed by atoms with van der Waals surface area (Å²) in [6.07, 6.45) is 0.656. The minimum absolute atomic E-state index is 0.0953. The number of carbonyl (C=O) groups is 3. The van der Waals surface area contributed by atoms with Crippen LogP contribution in [-0.2, 0) is 9.59 Å². The van der Waals surface area contributed by atoms with E-state index in [1.54, 1.807) is 14.1 Å². The van der Waals surface area contributed by atoms with Gasteiger partial charge in [0, 0.05) is 20.6 Å². The van der Waals surface area contributed by atoms with Crippen LogP contribution in [0.25, 0.3) is 0 Å². The van der Waals surface area contributed by atoms with Crippen molar-refractivity contribution >= 4 is 17.9 Å². The largest absolute Gasteiger partial charge is 0.479 e. The zero-order valence-corrected chi connectivity index (χ0v) is 12.3. The van der Waals surface area contributed by atoms with Crippen LogP contribution in [0.15, 0.2) is 0 Å². The molecule has 0 aliphatic rings. The molecule has 0 bridgehead atoms. The summed E-state index contributed by atoms with van der Waals surface area (Å²) in [6.45, 7) is 2.78. The average molecular weight is 289 g/mol. The van der Waals surface area contributed by atoms with Crippen LogP contribution in [0.2, 0.25) is 0 Å². The predicted molar refractivity (Wildman–Crippen MR) is 72.2 cm³/mol. The maximum atomic E-state index is 11.9. The highest BCUT2D eigenvalue weighted by Crippen LogP contribution is 2.02. The molecule has 20 heavy (non-hydrogen) atoms. The van der Waals surface area contributed by atoms with E-state index in [0.29, 0.717) is 13.0 Å². The molecule has 0 radical (unpaired) electrons. The second kappa shape index (κ2) is 7.68. The molecule has 1 atom stereocenters. The van der Waals surface area contributed by atoms with E-state index in [9.17, 15) is 19.5 Å². The Morgan fingerprint density at radius 3 is 2.20 bits per heavy atom. The van der Waals surface area contributed by atoms with E-state index in [4.69, 9.17) is 5.11 Å². The fourth-order valence-corrected chi connectivity index (χ4v) is 1.26. The monoisotopic (exact) mass is 289 g/mol. The van der Waals surface area contributed by atoms with Crippen LogP contribution in [0.1, 0.15) is 20.3 Å². The fourth-order valence-electron chi connectivity index (χ4n) is 1.26. The first kappa shape index (κ1) is 18.2. The lowest BCUT2D eigenvalue weighted by atomic mass is 10.1. The van der Waals surface area contributed by atoms with E-state index in [1.807, 2.05) is 6.92 Å². The zero-order valence-electron chi connectivity index (χ0n) is 12.3. The highest BCUT2D eigenvalue weighted by atomic mass is 16.4. The van der Waals surface area contributed by atoms with Gasteiger partial charge >= 0.3 is 12.0 Å². The molecule has 3 N–H and O–H groups in total. The van der Waals surface area contributed by atoms with Crippen LogP contribution >= 0.6 is 0 Å². The predicted octanol–water partition coefficient (Wildman–Crippen LogP) is -0.668. The summed E-state index contributed by atoms with van der Waals surface area (Å²) in [4.78, 5) is 36.9. The fraction of sp³-hybridized carbons (Fsp3) is 0.750. The number of likely N-dealkylation sites (N-methyl/N-ethyl adjacent to an activating group) is 1. The number of urea groups is 1. The number of amides is 3. The third-order valence-electron chi connectivity index (χ3n) is 2.65. The summed E-state index contributed by atoms with van der Waals surface area (Å²) in [6, 6.07) is -0.580. The molecule has 0 aliphatic carbocycles. The third kappa shape index (κ3) is 5.87. The summed E-state index contributed by atoms with van der Waals surface area (Å²) in [5.74, 6) is -1.66. The smallest absolute Gasteiger partial charge is 0.337 e. The molecule has 0 fully saturated rings. The number of aliphatic hydroxyl groups is 1. The first-order valence-electron chi connectivity index (χ1n) is 6.30. The summed E-state index contributed by atoms with van der Waals surface area (Å²) < 4.78 is 0. The van der Waals surface area contributed by atoms with Crippen molar-refractivity contribution < 1.29 is 24.6 Å². The van der Waals surface area contributed by atoms with E-state index < -0.39 is 24.1 Å². The highest BCUT2D eigenvalue weighted by Gasteiger charge is 2.31. The van der Waals surface area contributed by atoms with Gasteiger partial charge in [0.1, 0.15) is 6.54 Å². The van der Waals surface area contributed by atoms with Gasteiger partial charge < -0.3 is 25.3 Å². The molecule has 116 valence electrons. The molecule has 0 aromatic heterocycles. The molecule has 0 heterocycles. The van der Waals surface area contributed by atoms with Crippen molar-refractivity contribution in [2.75, 3.05) is 33.7 Å². The first-order valence-corrected chi connectivity index (χ1v) is 6.30. The molecule has 0 aromatic rings. The molecule has 8 heteroatoms. The molecule has 0 spiro atoms. The van der Waals surface area contributed by atoms with Gasteiger partial charge in [-0.1, -0.05) is 6.92 Å². The van der Waals surface area contributed by atoms with Crippen LogP contribution in [0.3, 0.4) is 0 Å². The molecular formula is C12H23N3O5. The molecule has 0 saturated carbocycles. The van der Waals surface area contributed by atoms with Gasteiger partial charge in [-0.3, -0.25) is 4.79 Å². The Hall–Kier alpha value is -1.83. The normalized spacial score (nSPS) is 13.2. The minimum Gasteiger partial charge on any atom is -0.479 e. The summed E-state index contributed by atoms with van der Waals surface area (Å²) in [5.41, 5.74) is -2.04. The van der Waals surface area contributed by atoms with Crippen molar-refractivity contribution in [3.8, 4) is 0 Å². The molecule has 0 rings (SSSR count). The minimum atomic E-state index is -2.04. The molecule has 8 nitrogen and oxygen atoms in total. The molecule has 3 amide bonds. The Morgan fingerprint density at radius 1 is 1.25 bits per heavy atom. The Bertz CT molecular complexity index is 368. The summed E-state index contributed by atoms with van der Waals surface area (Å²) >= 11 is 0. The molecule has 0 aliphatic heterocycles. The number of nitrogens with zero attached hydrogens (tertiary/aromatic N) is 2. The Balaban J connectivity index is 4.58. The quantitative estimate of drug-likeness (QED) is 0.576. The van der Waals surface area contributed by atoms with E-state index in [1.165, 1.54) is 9.80 Å². The second-order valence-electron chi connectivity index (χ2n) is 4.95. The number of aliphatic carboxylic acids is 1. The first-order chi connectivity index (χ1) is 9.11. The number of rotatable bonds is 7. The van der Waals surface area contributed by atoms with E-state index in [0.717, 1.165) is 6.92 Å². The van der Waals surface area contributed by atoms with Gasteiger partial charge in [0.2, 0.25) is 5.91 Å². The van der Waals surface area contributed by atoms with Gasteiger partial charge in [-0.25, -0.2) is 9.59 Å².